The van der Waals surface area contributed by atoms with E-state index in [2.05, 4.69) is 20.9 Å². The van der Waals surface area contributed by atoms with Gasteiger partial charge in [0.15, 0.2) is 0 Å². The monoisotopic (exact) mass is 494 g/mol. The third-order valence-electron chi connectivity index (χ3n) is 6.09. The number of fused-ring (bicyclic) bond motifs is 1. The van der Waals surface area contributed by atoms with Crippen molar-refractivity contribution in [2.24, 2.45) is 0 Å². The van der Waals surface area contributed by atoms with Gasteiger partial charge in [-0.15, -0.1) is 0 Å². The van der Waals surface area contributed by atoms with Gasteiger partial charge in [0.05, 0.1) is 18.2 Å². The van der Waals surface area contributed by atoms with Gasteiger partial charge in [-0.2, -0.15) is 0 Å². The van der Waals surface area contributed by atoms with Gasteiger partial charge in [-0.25, -0.2) is 13.8 Å². The van der Waals surface area contributed by atoms with Crippen molar-refractivity contribution in [3.05, 3.63) is 94.7 Å². The standard InChI is InChI=1S/C27H28F2N4O3/c28-20-7-1-4-18(12-20)23(31-16-22-10-9-17-6-3-11-30-27(17)32-22)14-25(34)33-24(15-26(35)36)19-5-2-8-21(29)13-19/h1-2,4-5,7-10,12-13,23-24,31H,3,6,11,14-16H2,(H,30,32)(H,33,34)(H,35,36)/t23-,24-/m0/s1. The van der Waals surface area contributed by atoms with Gasteiger partial charge >= 0.3 is 5.97 Å². The van der Waals surface area contributed by atoms with Crippen molar-refractivity contribution >= 4 is 17.7 Å². The van der Waals surface area contributed by atoms with Crippen LogP contribution in [0.15, 0.2) is 60.7 Å². The van der Waals surface area contributed by atoms with Gasteiger partial charge in [-0.3, -0.25) is 9.59 Å². The van der Waals surface area contributed by atoms with Gasteiger partial charge in [0.2, 0.25) is 5.91 Å². The molecule has 0 saturated carbocycles. The number of nitrogens with zero attached hydrogens (tertiary/aromatic N) is 1. The lowest BCUT2D eigenvalue weighted by Crippen LogP contribution is -2.34. The Hall–Kier alpha value is -3.85. The molecule has 0 saturated heterocycles. The van der Waals surface area contributed by atoms with Crippen LogP contribution in [0.1, 0.15) is 53.7 Å². The molecule has 7 nitrogen and oxygen atoms in total. The minimum atomic E-state index is -1.13. The molecule has 1 aliphatic rings. The van der Waals surface area contributed by atoms with Gasteiger partial charge in [0, 0.05) is 25.6 Å². The Morgan fingerprint density at radius 1 is 0.972 bits per heavy atom. The zero-order valence-electron chi connectivity index (χ0n) is 19.6. The Morgan fingerprint density at radius 2 is 1.67 bits per heavy atom. The van der Waals surface area contributed by atoms with Crippen molar-refractivity contribution in [3.63, 3.8) is 0 Å². The average molecular weight is 495 g/mol. The zero-order chi connectivity index (χ0) is 25.5. The molecule has 1 aromatic heterocycles. The van der Waals surface area contributed by atoms with Crippen molar-refractivity contribution in [3.8, 4) is 0 Å². The van der Waals surface area contributed by atoms with E-state index in [0.29, 0.717) is 17.7 Å². The second-order valence-electron chi connectivity index (χ2n) is 8.81. The Balaban J connectivity index is 1.49. The molecule has 0 fully saturated rings. The molecular weight excluding hydrogens is 466 g/mol. The summed E-state index contributed by atoms with van der Waals surface area (Å²) >= 11 is 0. The molecule has 1 aliphatic heterocycles. The molecule has 9 heteroatoms. The molecule has 4 N–H and O–H groups in total. The van der Waals surface area contributed by atoms with Crippen LogP contribution in [0.3, 0.4) is 0 Å². The fourth-order valence-electron chi connectivity index (χ4n) is 4.32. The van der Waals surface area contributed by atoms with E-state index in [1.807, 2.05) is 12.1 Å². The van der Waals surface area contributed by atoms with E-state index in [4.69, 9.17) is 0 Å². The quantitative estimate of drug-likeness (QED) is 0.336. The van der Waals surface area contributed by atoms with Crippen LogP contribution in [0.5, 0.6) is 0 Å². The third kappa shape index (κ3) is 6.85. The van der Waals surface area contributed by atoms with Crippen molar-refractivity contribution in [1.29, 1.82) is 0 Å². The Morgan fingerprint density at radius 3 is 2.33 bits per heavy atom. The van der Waals surface area contributed by atoms with Gasteiger partial charge < -0.3 is 21.1 Å². The highest BCUT2D eigenvalue weighted by Gasteiger charge is 2.22. The number of pyridine rings is 1. The van der Waals surface area contributed by atoms with Crippen LogP contribution in [0.4, 0.5) is 14.6 Å². The summed E-state index contributed by atoms with van der Waals surface area (Å²) in [6.45, 7) is 1.21. The molecule has 0 radical (unpaired) electrons. The summed E-state index contributed by atoms with van der Waals surface area (Å²) in [5, 5.41) is 18.6. The normalized spacial score (nSPS) is 14.3. The topological polar surface area (TPSA) is 103 Å². The molecule has 2 aromatic carbocycles. The Bertz CT molecular complexity index is 1240. The second-order valence-corrected chi connectivity index (χ2v) is 8.81. The van der Waals surface area contributed by atoms with Crippen molar-refractivity contribution in [2.45, 2.75) is 44.3 Å². The zero-order valence-corrected chi connectivity index (χ0v) is 19.6. The maximum atomic E-state index is 14.0. The number of aromatic nitrogens is 1. The Kier molecular flexibility index (Phi) is 8.22. The number of nitrogens with one attached hydrogen (secondary N) is 3. The van der Waals surface area contributed by atoms with Crippen molar-refractivity contribution in [1.82, 2.24) is 15.6 Å². The summed E-state index contributed by atoms with van der Waals surface area (Å²) in [5.74, 6) is -1.68. The first kappa shape index (κ1) is 25.2. The van der Waals surface area contributed by atoms with E-state index in [-0.39, 0.29) is 6.42 Å². The first-order chi connectivity index (χ1) is 17.4. The summed E-state index contributed by atoms with van der Waals surface area (Å²) in [6, 6.07) is 13.9. The predicted molar refractivity (Wildman–Crippen MR) is 131 cm³/mol. The number of benzene rings is 2. The minimum absolute atomic E-state index is 0.0852. The van der Waals surface area contributed by atoms with Gasteiger partial charge in [0.1, 0.15) is 17.5 Å². The summed E-state index contributed by atoms with van der Waals surface area (Å²) in [6.07, 6.45) is 1.54. The second kappa shape index (κ2) is 11.7. The number of rotatable bonds is 10. The van der Waals surface area contributed by atoms with Crippen LogP contribution in [-0.4, -0.2) is 28.5 Å². The number of aliphatic carboxylic acids is 1. The molecule has 2 atom stereocenters. The summed E-state index contributed by atoms with van der Waals surface area (Å²) < 4.78 is 27.7. The highest BCUT2D eigenvalue weighted by Crippen LogP contribution is 2.23. The molecule has 0 bridgehead atoms. The summed E-state index contributed by atoms with van der Waals surface area (Å²) in [5.41, 5.74) is 2.86. The van der Waals surface area contributed by atoms with Crippen LogP contribution in [0, 0.1) is 11.6 Å². The number of carbonyl (C=O) groups excluding carboxylic acids is 1. The molecule has 0 unspecified atom stereocenters. The molecular formula is C27H28F2N4O3. The van der Waals surface area contributed by atoms with Gasteiger partial charge in [-0.1, -0.05) is 30.3 Å². The SMILES string of the molecule is O=C(O)C[C@H](NC(=O)C[C@H](NCc1ccc2c(n1)NCCC2)c1cccc(F)c1)c1cccc(F)c1. The number of carboxylic acid groups (broad SMARTS) is 1. The largest absolute Gasteiger partial charge is 0.481 e. The van der Waals surface area contributed by atoms with E-state index in [9.17, 15) is 23.5 Å². The van der Waals surface area contributed by atoms with Crippen molar-refractivity contribution in [2.75, 3.05) is 11.9 Å². The first-order valence-corrected chi connectivity index (χ1v) is 11.9. The molecule has 36 heavy (non-hydrogen) atoms. The molecule has 2 heterocycles. The average Bonchev–Trinajstić information content (AvgIpc) is 2.85. The molecule has 0 aliphatic carbocycles. The van der Waals surface area contributed by atoms with E-state index in [0.717, 1.165) is 36.5 Å². The fourth-order valence-corrected chi connectivity index (χ4v) is 4.32. The smallest absolute Gasteiger partial charge is 0.305 e. The first-order valence-electron chi connectivity index (χ1n) is 11.9. The molecule has 4 rings (SSSR count). The third-order valence-corrected chi connectivity index (χ3v) is 6.09. The Labute approximate surface area is 208 Å². The van der Waals surface area contributed by atoms with E-state index in [1.165, 1.54) is 30.3 Å². The fraction of sp³-hybridized carbons (Fsp3) is 0.296. The summed E-state index contributed by atoms with van der Waals surface area (Å²) in [7, 11) is 0. The number of halogens is 2. The molecule has 188 valence electrons. The highest BCUT2D eigenvalue weighted by molar-refractivity contribution is 5.78. The number of aryl methyl sites for hydroxylation is 1. The van der Waals surface area contributed by atoms with Crippen molar-refractivity contribution < 1.29 is 23.5 Å². The number of amides is 1. The number of hydrogen-bond acceptors (Lipinski definition) is 5. The molecule has 0 spiro atoms. The lowest BCUT2D eigenvalue weighted by atomic mass is 10.0. The molecule has 1 amide bonds. The predicted octanol–water partition coefficient (Wildman–Crippen LogP) is 4.27. The highest BCUT2D eigenvalue weighted by atomic mass is 19.1. The lowest BCUT2D eigenvalue weighted by molar-refractivity contribution is -0.137. The van der Waals surface area contributed by atoms with Crippen LogP contribution >= 0.6 is 0 Å². The maximum Gasteiger partial charge on any atom is 0.305 e. The van der Waals surface area contributed by atoms with Gasteiger partial charge in [0.25, 0.3) is 0 Å². The lowest BCUT2D eigenvalue weighted by Gasteiger charge is -2.23. The van der Waals surface area contributed by atoms with E-state index < -0.39 is 42.0 Å². The number of hydrogen-bond donors (Lipinski definition) is 4. The van der Waals surface area contributed by atoms with Crippen LogP contribution in [0.25, 0.3) is 0 Å². The van der Waals surface area contributed by atoms with E-state index >= 15 is 0 Å². The maximum absolute atomic E-state index is 14.0. The number of anilines is 1. The van der Waals surface area contributed by atoms with Crippen LogP contribution < -0.4 is 16.0 Å². The van der Waals surface area contributed by atoms with E-state index in [1.54, 1.807) is 18.2 Å². The number of carbonyl (C=O) groups is 2. The summed E-state index contributed by atoms with van der Waals surface area (Å²) in [4.78, 5) is 29.0. The number of carboxylic acids is 1. The minimum Gasteiger partial charge on any atom is -0.481 e. The van der Waals surface area contributed by atoms with Crippen LogP contribution in [0.2, 0.25) is 0 Å². The molecule has 3 aromatic rings. The van der Waals surface area contributed by atoms with Crippen LogP contribution in [-0.2, 0) is 22.6 Å². The van der Waals surface area contributed by atoms with Gasteiger partial charge in [-0.05, 0) is 59.9 Å².